The number of esters is 3. The summed E-state index contributed by atoms with van der Waals surface area (Å²) in [5, 5.41) is 56.3. The fourth-order valence-electron chi connectivity index (χ4n) is 14.2. The smallest absolute Gasteiger partial charge is 0.426 e. The number of aryl methyl sites for hydroxylation is 2. The van der Waals surface area contributed by atoms with Gasteiger partial charge in [0, 0.05) is 89.1 Å². The van der Waals surface area contributed by atoms with Crippen molar-refractivity contribution in [2.24, 2.45) is 17.4 Å². The number of carboxylic acid groups (broad SMARTS) is 2. The van der Waals surface area contributed by atoms with Crippen molar-refractivity contribution in [1.29, 1.82) is 10.8 Å². The van der Waals surface area contributed by atoms with Gasteiger partial charge in [0.25, 0.3) is 11.5 Å². The number of nitrogens with two attached hydrogens (primary N) is 3. The number of anilines is 2. The van der Waals surface area contributed by atoms with Crippen LogP contribution in [0.15, 0.2) is 89.9 Å². The van der Waals surface area contributed by atoms with Gasteiger partial charge in [0.05, 0.1) is 79.9 Å². The summed E-state index contributed by atoms with van der Waals surface area (Å²) in [5.74, 6) is -12.2. The predicted molar refractivity (Wildman–Crippen MR) is 468 cm³/mol. The van der Waals surface area contributed by atoms with Crippen molar-refractivity contribution in [1.82, 2.24) is 87.9 Å². The zero-order chi connectivity index (χ0) is 91.8. The molecular formula is C82H101N23O19S2. The van der Waals surface area contributed by atoms with Crippen molar-refractivity contribution in [3.63, 3.8) is 0 Å². The maximum Gasteiger partial charge on any atom is 0.426 e. The number of benzene rings is 1. The third kappa shape index (κ3) is 25.0. The predicted octanol–water partition coefficient (Wildman–Crippen LogP) is 3.51. The number of hydrazine groups is 1. The molecule has 23 N–H and O–H groups in total. The van der Waals surface area contributed by atoms with E-state index >= 15 is 0 Å². The van der Waals surface area contributed by atoms with Gasteiger partial charge in [0.2, 0.25) is 35.5 Å². The van der Waals surface area contributed by atoms with Crippen LogP contribution in [0.1, 0.15) is 153 Å². The number of ether oxygens (including phenoxy) is 4. The fraction of sp³-hybridized carbons (Fsp3) is 0.390. The first-order chi connectivity index (χ1) is 60.0. The van der Waals surface area contributed by atoms with Gasteiger partial charge in [-0.25, -0.2) is 44.5 Å². The van der Waals surface area contributed by atoms with Crippen LogP contribution in [0, 0.1) is 23.7 Å². The average Bonchev–Trinajstić information content (AvgIpc) is 1.55. The van der Waals surface area contributed by atoms with E-state index < -0.39 is 131 Å². The standard InChI is InChI=1S/C82H101N23O19S2/c1-10-46-40(3)54-32-59-50-23-20-49(76(118)122-8)67(77(119)123-9)82(50,6)62(97-59)34-55-42(5)48(22-26-66(109)121-7)58(96-55)33-57-47(41(4)53(95-57)31-56(46)94-54)21-25-64(107)104-105-81(120)124-29-30-125-126-38-61(75(116)117)101-72(112)52(14-12-28-89-79(85)86)99-65(108)35-60(74(114)115)100-71(111)51(13-11-27-88-78(83)84)98-63(106)24-15-39(2)92-70(110)43-16-18-44(19-17-43)90-36-45-37-91-69-68(93-45)73(113)103-80(87)102-69/h10,16-20,23,31-34,37,39,51-52,60-61,67,90,95,97H,1,11-15,21-22,24-30,35-36,38H2,2-9H3,(H,92,110)(H,98,106)(H,99,108)(H,100,111)(H,101,112)(H,104,107)(H,105,120)(H,114,115)(H,116,117)(H4,83,84,88)(H4,85,86,89)(H3,87,91,102,103,113)/t39-,51+,52+,60-,61+,67-,82+/m1/s1. The summed E-state index contributed by atoms with van der Waals surface area (Å²) in [4.78, 5) is 205. The van der Waals surface area contributed by atoms with Crippen molar-refractivity contribution in [2.75, 3.05) is 63.6 Å². The molecule has 0 saturated carbocycles. The minimum Gasteiger partial charge on any atom is -0.480 e. The second kappa shape index (κ2) is 44.2. The van der Waals surface area contributed by atoms with Crippen LogP contribution in [0.25, 0.3) is 50.1 Å². The molecule has 42 nitrogen and oxygen atoms in total. The summed E-state index contributed by atoms with van der Waals surface area (Å²) in [6.45, 7) is 13.2. The van der Waals surface area contributed by atoms with Gasteiger partial charge >= 0.3 is 35.9 Å². The Hall–Kier alpha value is -14.2. The lowest BCUT2D eigenvalue weighted by molar-refractivity contribution is -0.149. The quantitative estimate of drug-likeness (QED) is 0.00506. The van der Waals surface area contributed by atoms with Crippen molar-refractivity contribution < 1.29 is 86.7 Å². The maximum atomic E-state index is 14.0. The van der Waals surface area contributed by atoms with E-state index in [-0.39, 0.29) is 136 Å². The molecule has 0 spiro atoms. The lowest BCUT2D eigenvalue weighted by Crippen LogP contribution is -2.55. The van der Waals surface area contributed by atoms with E-state index in [9.17, 15) is 72.5 Å². The van der Waals surface area contributed by atoms with Crippen LogP contribution in [0.4, 0.5) is 16.4 Å². The Morgan fingerprint density at radius 1 is 0.683 bits per heavy atom. The van der Waals surface area contributed by atoms with E-state index in [1.807, 2.05) is 45.9 Å². The van der Waals surface area contributed by atoms with Crippen LogP contribution in [0.5, 0.6) is 0 Å². The topological polar surface area (TPSA) is 657 Å². The number of fused-ring (bicyclic) bond motifs is 12. The molecule has 7 amide bonds. The molecular weight excluding hydrogens is 1680 g/mol. The Balaban J connectivity index is 0.775. The zero-order valence-electron chi connectivity index (χ0n) is 70.2. The van der Waals surface area contributed by atoms with Gasteiger partial charge in [-0.1, -0.05) is 46.4 Å². The average molecular weight is 1780 g/mol. The molecule has 7 atom stereocenters. The van der Waals surface area contributed by atoms with Gasteiger partial charge in [-0.05, 0) is 162 Å². The van der Waals surface area contributed by atoms with E-state index in [1.165, 1.54) is 27.5 Å². The zero-order valence-corrected chi connectivity index (χ0v) is 71.9. The molecule has 0 fully saturated rings. The van der Waals surface area contributed by atoms with E-state index in [4.69, 9.17) is 56.9 Å². The van der Waals surface area contributed by atoms with Crippen molar-refractivity contribution in [2.45, 2.75) is 147 Å². The third-order valence-corrected chi connectivity index (χ3v) is 23.3. The Kier molecular flexibility index (Phi) is 33.6. The van der Waals surface area contributed by atoms with Crippen molar-refractivity contribution >= 4 is 167 Å². The Morgan fingerprint density at radius 3 is 1.98 bits per heavy atom. The molecule has 0 saturated heterocycles. The largest absolute Gasteiger partial charge is 0.480 e. The number of nitrogens with one attached hydrogen (secondary N) is 15. The molecule has 1 aromatic carbocycles. The van der Waals surface area contributed by atoms with Crippen LogP contribution in [0.2, 0.25) is 0 Å². The highest BCUT2D eigenvalue weighted by Crippen LogP contribution is 2.53. The Labute approximate surface area is 728 Å². The molecule has 8 bridgehead atoms. The molecule has 670 valence electrons. The Morgan fingerprint density at radius 2 is 1.33 bits per heavy atom. The van der Waals surface area contributed by atoms with Crippen LogP contribution >= 0.6 is 21.6 Å². The molecule has 1 aliphatic carbocycles. The maximum absolute atomic E-state index is 14.0. The molecule has 5 aromatic rings. The summed E-state index contributed by atoms with van der Waals surface area (Å²) in [6.07, 6.45) is 4.29. The van der Waals surface area contributed by atoms with Gasteiger partial charge < -0.3 is 98.9 Å². The molecule has 9 rings (SSSR count). The molecule has 4 aliphatic rings. The molecule has 3 aliphatic heterocycles. The number of carbonyl (C=O) groups is 12. The lowest BCUT2D eigenvalue weighted by atomic mass is 9.64. The number of aliphatic carboxylic acids is 2. The third-order valence-electron chi connectivity index (χ3n) is 20.9. The SMILES string of the molecule is C=CC1=C(C)c2cc3[nH]c(cc4nc(cc5[nH]c(cc1n2)c(C)c5CCC(=O)NNC(=O)OCCSSC[C@H](NC(=O)[C@H](CCCNC(=N)N)NC(=O)C[C@@H](NC(=O)[C@H](CCCNC(=N)N)NC(=O)CC[C@@H](C)NC(=O)c1ccc(NCc2cnc5nc(N)[nH]c(=O)c5n2)cc1)C(=O)O)C(=O)O)C(CCC(=O)OC)=C4C)[C@]1(C)C3=CC=C(C(=O)OC)[C@@H]1C(=O)OC. The van der Waals surface area contributed by atoms with Crippen LogP contribution < -0.4 is 76.1 Å². The highest BCUT2D eigenvalue weighted by Gasteiger charge is 2.53. The highest BCUT2D eigenvalue weighted by atomic mass is 33.1. The van der Waals surface area contributed by atoms with Gasteiger partial charge in [0.1, 0.15) is 36.7 Å². The second-order valence-corrected chi connectivity index (χ2v) is 32.2. The van der Waals surface area contributed by atoms with E-state index in [2.05, 4.69) is 89.9 Å². The molecule has 44 heteroatoms. The molecule has 0 unspecified atom stereocenters. The number of aromatic nitrogens is 8. The minimum absolute atomic E-state index is 0.00879. The number of hydrogen-bond acceptors (Lipinski definition) is 28. The fourth-order valence-corrected chi connectivity index (χ4v) is 16.2. The van der Waals surface area contributed by atoms with E-state index in [0.29, 0.717) is 78.9 Å². The monoisotopic (exact) mass is 1780 g/mol. The van der Waals surface area contributed by atoms with E-state index in [0.717, 1.165) is 38.3 Å². The summed E-state index contributed by atoms with van der Waals surface area (Å²) >= 11 is 0. The Bertz CT molecular complexity index is 5530. The number of amides is 7. The number of nitrogen functional groups attached to an aromatic ring is 1. The summed E-state index contributed by atoms with van der Waals surface area (Å²) in [7, 11) is 5.79. The van der Waals surface area contributed by atoms with Gasteiger partial charge in [-0.2, -0.15) is 4.98 Å². The first kappa shape index (κ1) is 95.6. The van der Waals surface area contributed by atoms with E-state index in [1.54, 1.807) is 55.5 Å². The number of carbonyl (C=O) groups excluding carboxylic acids is 10. The molecule has 7 heterocycles. The second-order valence-electron chi connectivity index (χ2n) is 29.6. The van der Waals surface area contributed by atoms with Crippen molar-refractivity contribution in [3.8, 4) is 0 Å². The number of H-pyrrole nitrogens is 3. The van der Waals surface area contributed by atoms with Gasteiger partial charge in [-0.15, -0.1) is 0 Å². The molecule has 0 radical (unpaired) electrons. The number of aromatic amines is 3. The summed E-state index contributed by atoms with van der Waals surface area (Å²) < 4.78 is 20.9. The van der Waals surface area contributed by atoms with Crippen LogP contribution in [-0.2, 0) is 85.3 Å². The first-order valence-electron chi connectivity index (χ1n) is 39.7. The van der Waals surface area contributed by atoms with Crippen LogP contribution in [-0.4, -0.2) is 216 Å². The van der Waals surface area contributed by atoms with Gasteiger partial charge in [0.15, 0.2) is 23.1 Å². The molecule has 4 aromatic heterocycles. The lowest BCUT2D eigenvalue weighted by Gasteiger charge is -2.36. The molecule has 126 heavy (non-hydrogen) atoms. The summed E-state index contributed by atoms with van der Waals surface area (Å²) in [6, 6.07) is 6.70. The number of nitrogens with zero attached hydrogens (tertiary/aromatic N) is 5. The normalized spacial score (nSPS) is 15.3. The number of methoxy groups -OCH3 is 3. The van der Waals surface area contributed by atoms with Gasteiger partial charge in [-0.3, -0.25) is 64.4 Å². The van der Waals surface area contributed by atoms with Crippen molar-refractivity contribution in [3.05, 3.63) is 152 Å². The highest BCUT2D eigenvalue weighted by molar-refractivity contribution is 8.76. The number of allylic oxidation sites excluding steroid dienone is 8. The number of guanidine groups is 2. The minimum atomic E-state index is -1.95. The number of hydrogen-bond donors (Lipinski definition) is 20. The number of rotatable bonds is 41. The number of carboxylic acids is 2. The first-order valence-corrected chi connectivity index (χ1v) is 42.2. The summed E-state index contributed by atoms with van der Waals surface area (Å²) in [5.41, 5.74) is 30.0. The van der Waals surface area contributed by atoms with Crippen LogP contribution in [0.3, 0.4) is 0 Å².